The maximum atomic E-state index is 11.5. The van der Waals surface area contributed by atoms with Gasteiger partial charge in [-0.2, -0.15) is 0 Å². The number of amides is 1. The fraction of sp³-hybridized carbons (Fsp3) is 0.500. The van der Waals surface area contributed by atoms with Crippen LogP contribution in [0.15, 0.2) is 28.7 Å². The molecule has 1 aromatic rings. The molecule has 0 saturated carbocycles. The van der Waals surface area contributed by atoms with Crippen molar-refractivity contribution in [3.63, 3.8) is 0 Å². The summed E-state index contributed by atoms with van der Waals surface area (Å²) in [5, 5.41) is 15.4. The smallest absolute Gasteiger partial charge is 0.220 e. The van der Waals surface area contributed by atoms with Crippen LogP contribution < -0.4 is 15.4 Å². The molecule has 0 aliphatic carbocycles. The second-order valence-electron chi connectivity index (χ2n) is 4.41. The predicted molar refractivity (Wildman–Crippen MR) is 81.8 cm³/mol. The third-order valence-electron chi connectivity index (χ3n) is 2.63. The SMILES string of the molecule is CNCCCC(=O)NCC(O)COc1ccccc1Br. The summed E-state index contributed by atoms with van der Waals surface area (Å²) in [7, 11) is 1.85. The van der Waals surface area contributed by atoms with Gasteiger partial charge in [0.05, 0.1) is 4.47 Å². The Hall–Kier alpha value is -1.11. The van der Waals surface area contributed by atoms with E-state index in [1.54, 1.807) is 0 Å². The first kappa shape index (κ1) is 16.9. The minimum atomic E-state index is -0.727. The lowest BCUT2D eigenvalue weighted by atomic mass is 10.3. The molecular formula is C14H21BrN2O3. The Labute approximate surface area is 127 Å². The van der Waals surface area contributed by atoms with E-state index < -0.39 is 6.10 Å². The Morgan fingerprint density at radius 1 is 1.45 bits per heavy atom. The second-order valence-corrected chi connectivity index (χ2v) is 5.26. The third-order valence-corrected chi connectivity index (χ3v) is 3.29. The predicted octanol–water partition coefficient (Wildman–Crippen LogP) is 1.30. The molecule has 0 aliphatic heterocycles. The summed E-state index contributed by atoms with van der Waals surface area (Å²) in [5.74, 6) is 0.618. The molecule has 0 aliphatic rings. The summed E-state index contributed by atoms with van der Waals surface area (Å²) in [6.07, 6.45) is 0.514. The van der Waals surface area contributed by atoms with Gasteiger partial charge in [-0.15, -0.1) is 0 Å². The van der Waals surface area contributed by atoms with Gasteiger partial charge < -0.3 is 20.5 Å². The number of rotatable bonds is 9. The van der Waals surface area contributed by atoms with E-state index in [1.807, 2.05) is 31.3 Å². The number of nitrogens with one attached hydrogen (secondary N) is 2. The molecule has 0 spiro atoms. The standard InChI is InChI=1S/C14H21BrN2O3/c1-16-8-4-7-14(19)17-9-11(18)10-20-13-6-3-2-5-12(13)15/h2-3,5-6,11,16,18H,4,7-10H2,1H3,(H,17,19). The summed E-state index contributed by atoms with van der Waals surface area (Å²) >= 11 is 3.36. The molecule has 0 bridgehead atoms. The summed E-state index contributed by atoms with van der Waals surface area (Å²) in [4.78, 5) is 11.5. The lowest BCUT2D eigenvalue weighted by molar-refractivity contribution is -0.121. The van der Waals surface area contributed by atoms with Gasteiger partial charge in [0, 0.05) is 13.0 Å². The van der Waals surface area contributed by atoms with Crippen molar-refractivity contribution in [3.8, 4) is 5.75 Å². The van der Waals surface area contributed by atoms with Crippen LogP contribution in [0, 0.1) is 0 Å². The Morgan fingerprint density at radius 3 is 2.90 bits per heavy atom. The summed E-state index contributed by atoms with van der Waals surface area (Å²) in [5.41, 5.74) is 0. The van der Waals surface area contributed by atoms with Crippen LogP contribution in [0.3, 0.4) is 0 Å². The Morgan fingerprint density at radius 2 is 2.20 bits per heavy atom. The Kier molecular flexibility index (Phi) is 8.25. The number of para-hydroxylation sites is 1. The van der Waals surface area contributed by atoms with Gasteiger partial charge in [0.25, 0.3) is 0 Å². The highest BCUT2D eigenvalue weighted by molar-refractivity contribution is 9.10. The number of carbonyl (C=O) groups is 1. The zero-order valence-corrected chi connectivity index (χ0v) is 13.1. The Bertz CT molecular complexity index is 415. The lowest BCUT2D eigenvalue weighted by Crippen LogP contribution is -2.35. The van der Waals surface area contributed by atoms with Gasteiger partial charge in [-0.1, -0.05) is 12.1 Å². The van der Waals surface area contributed by atoms with E-state index in [9.17, 15) is 9.90 Å². The van der Waals surface area contributed by atoms with E-state index in [0.29, 0.717) is 12.2 Å². The van der Waals surface area contributed by atoms with Gasteiger partial charge in [-0.05, 0) is 48.1 Å². The topological polar surface area (TPSA) is 70.6 Å². The van der Waals surface area contributed by atoms with Crippen molar-refractivity contribution in [2.75, 3.05) is 26.7 Å². The third kappa shape index (κ3) is 6.88. The van der Waals surface area contributed by atoms with Crippen LogP contribution in [0.2, 0.25) is 0 Å². The molecule has 0 radical (unpaired) electrons. The highest BCUT2D eigenvalue weighted by atomic mass is 79.9. The number of halogens is 1. The molecule has 112 valence electrons. The van der Waals surface area contributed by atoms with Gasteiger partial charge in [0.15, 0.2) is 0 Å². The number of ether oxygens (including phenoxy) is 1. The van der Waals surface area contributed by atoms with Gasteiger partial charge in [-0.3, -0.25) is 4.79 Å². The van der Waals surface area contributed by atoms with Crippen molar-refractivity contribution >= 4 is 21.8 Å². The first-order valence-electron chi connectivity index (χ1n) is 6.60. The number of hydrogen-bond donors (Lipinski definition) is 3. The van der Waals surface area contributed by atoms with Crippen LogP contribution in [-0.2, 0) is 4.79 Å². The highest BCUT2D eigenvalue weighted by Crippen LogP contribution is 2.23. The molecule has 1 amide bonds. The quantitative estimate of drug-likeness (QED) is 0.590. The van der Waals surface area contributed by atoms with Gasteiger partial charge in [-0.25, -0.2) is 0 Å². The van der Waals surface area contributed by atoms with E-state index in [-0.39, 0.29) is 19.1 Å². The molecule has 3 N–H and O–H groups in total. The number of aliphatic hydroxyl groups excluding tert-OH is 1. The average molecular weight is 345 g/mol. The van der Waals surface area contributed by atoms with Crippen LogP contribution in [0.25, 0.3) is 0 Å². The number of hydrogen-bond acceptors (Lipinski definition) is 4. The van der Waals surface area contributed by atoms with Crippen molar-refractivity contribution in [2.24, 2.45) is 0 Å². The average Bonchev–Trinajstić information content (AvgIpc) is 2.44. The molecule has 0 heterocycles. The van der Waals surface area contributed by atoms with E-state index in [2.05, 4.69) is 26.6 Å². The normalized spacial score (nSPS) is 11.9. The zero-order valence-electron chi connectivity index (χ0n) is 11.6. The van der Waals surface area contributed by atoms with Crippen molar-refractivity contribution in [3.05, 3.63) is 28.7 Å². The first-order valence-corrected chi connectivity index (χ1v) is 7.39. The fourth-order valence-electron chi connectivity index (χ4n) is 1.55. The first-order chi connectivity index (χ1) is 9.63. The van der Waals surface area contributed by atoms with E-state index >= 15 is 0 Å². The molecule has 1 rings (SSSR count). The van der Waals surface area contributed by atoms with Gasteiger partial charge in [0.1, 0.15) is 18.5 Å². The van der Waals surface area contributed by atoms with Crippen molar-refractivity contribution in [2.45, 2.75) is 18.9 Å². The lowest BCUT2D eigenvalue weighted by Gasteiger charge is -2.14. The summed E-state index contributed by atoms with van der Waals surface area (Å²) < 4.78 is 6.31. The van der Waals surface area contributed by atoms with Crippen LogP contribution in [0.4, 0.5) is 0 Å². The molecule has 0 saturated heterocycles. The monoisotopic (exact) mass is 344 g/mol. The maximum Gasteiger partial charge on any atom is 0.220 e. The summed E-state index contributed by atoms with van der Waals surface area (Å²) in [6, 6.07) is 7.42. The van der Waals surface area contributed by atoms with E-state index in [0.717, 1.165) is 17.4 Å². The van der Waals surface area contributed by atoms with Gasteiger partial charge in [0.2, 0.25) is 5.91 Å². The number of aliphatic hydroxyl groups is 1. The number of benzene rings is 1. The van der Waals surface area contributed by atoms with E-state index in [4.69, 9.17) is 4.74 Å². The van der Waals surface area contributed by atoms with Crippen LogP contribution in [0.1, 0.15) is 12.8 Å². The van der Waals surface area contributed by atoms with Crippen molar-refractivity contribution in [1.29, 1.82) is 0 Å². The minimum Gasteiger partial charge on any atom is -0.490 e. The molecule has 0 fully saturated rings. The second kappa shape index (κ2) is 9.74. The fourth-order valence-corrected chi connectivity index (χ4v) is 1.95. The molecule has 1 unspecified atom stereocenters. The maximum absolute atomic E-state index is 11.5. The molecular weight excluding hydrogens is 324 g/mol. The van der Waals surface area contributed by atoms with Crippen LogP contribution >= 0.6 is 15.9 Å². The number of carbonyl (C=O) groups excluding carboxylic acids is 1. The summed E-state index contributed by atoms with van der Waals surface area (Å²) in [6.45, 7) is 1.14. The largest absolute Gasteiger partial charge is 0.490 e. The van der Waals surface area contributed by atoms with Gasteiger partial charge >= 0.3 is 0 Å². The minimum absolute atomic E-state index is 0.0554. The Balaban J connectivity index is 2.19. The molecule has 20 heavy (non-hydrogen) atoms. The van der Waals surface area contributed by atoms with Crippen molar-refractivity contribution < 1.29 is 14.6 Å². The zero-order chi connectivity index (χ0) is 14.8. The molecule has 1 atom stereocenters. The molecule has 6 heteroatoms. The van der Waals surface area contributed by atoms with Crippen molar-refractivity contribution in [1.82, 2.24) is 10.6 Å². The molecule has 1 aromatic carbocycles. The molecule has 0 aromatic heterocycles. The molecule has 5 nitrogen and oxygen atoms in total. The van der Waals surface area contributed by atoms with Crippen LogP contribution in [0.5, 0.6) is 5.75 Å². The van der Waals surface area contributed by atoms with E-state index in [1.165, 1.54) is 0 Å². The van der Waals surface area contributed by atoms with Crippen LogP contribution in [-0.4, -0.2) is 43.9 Å². The highest BCUT2D eigenvalue weighted by Gasteiger charge is 2.09.